The summed E-state index contributed by atoms with van der Waals surface area (Å²) in [6.45, 7) is 7.51. The number of benzene rings is 1. The molecule has 4 heterocycles. The fourth-order valence-electron chi connectivity index (χ4n) is 4.78. The molecular formula is C30H31F3N8O. The minimum absolute atomic E-state index is 0.0848. The Labute approximate surface area is 241 Å². The molecule has 1 fully saturated rings. The number of anilines is 4. The SMILES string of the molecule is CCCN1CCN(c2cc(C(=O)Nc3cnc(C)c(Nc4nccc(-c5cccnc5)n4)c3)cc(C(F)(F)F)c2)CC1. The molecule has 9 nitrogen and oxygen atoms in total. The Hall–Kier alpha value is -4.58. The number of hydrogen-bond donors (Lipinski definition) is 2. The van der Waals surface area contributed by atoms with Gasteiger partial charge in [0, 0.05) is 61.6 Å². The van der Waals surface area contributed by atoms with E-state index in [1.807, 2.05) is 17.0 Å². The van der Waals surface area contributed by atoms with Gasteiger partial charge in [-0.1, -0.05) is 6.92 Å². The minimum atomic E-state index is -4.60. The Morgan fingerprint density at radius 1 is 1.00 bits per heavy atom. The first-order valence-corrected chi connectivity index (χ1v) is 13.7. The van der Waals surface area contributed by atoms with E-state index in [2.05, 4.69) is 42.4 Å². The van der Waals surface area contributed by atoms with Gasteiger partial charge in [-0.25, -0.2) is 9.97 Å². The van der Waals surface area contributed by atoms with Gasteiger partial charge in [0.2, 0.25) is 5.95 Å². The first kappa shape index (κ1) is 28.9. The second-order valence-corrected chi connectivity index (χ2v) is 10.0. The van der Waals surface area contributed by atoms with Crippen molar-refractivity contribution >= 4 is 28.9 Å². The third kappa shape index (κ3) is 7.00. The Morgan fingerprint density at radius 3 is 2.52 bits per heavy atom. The molecule has 0 atom stereocenters. The number of amides is 1. The number of hydrogen-bond acceptors (Lipinski definition) is 8. The van der Waals surface area contributed by atoms with Gasteiger partial charge in [0.25, 0.3) is 5.91 Å². The van der Waals surface area contributed by atoms with Crippen LogP contribution in [0.15, 0.2) is 67.3 Å². The maximum Gasteiger partial charge on any atom is 0.416 e. The summed E-state index contributed by atoms with van der Waals surface area (Å²) in [7, 11) is 0. The molecule has 5 rings (SSSR count). The molecule has 218 valence electrons. The molecule has 42 heavy (non-hydrogen) atoms. The van der Waals surface area contributed by atoms with E-state index in [-0.39, 0.29) is 5.56 Å². The molecule has 12 heteroatoms. The highest BCUT2D eigenvalue weighted by molar-refractivity contribution is 6.05. The lowest BCUT2D eigenvalue weighted by atomic mass is 10.1. The third-order valence-corrected chi connectivity index (χ3v) is 6.99. The summed E-state index contributed by atoms with van der Waals surface area (Å²) in [4.78, 5) is 34.7. The average molecular weight is 577 g/mol. The number of halogens is 3. The molecule has 0 unspecified atom stereocenters. The van der Waals surface area contributed by atoms with Crippen LogP contribution in [0.2, 0.25) is 0 Å². The van der Waals surface area contributed by atoms with Crippen molar-refractivity contribution < 1.29 is 18.0 Å². The summed E-state index contributed by atoms with van der Waals surface area (Å²) in [6.07, 6.45) is 2.85. The maximum atomic E-state index is 13.8. The number of pyridine rings is 2. The lowest BCUT2D eigenvalue weighted by Gasteiger charge is -2.36. The number of piperazine rings is 1. The van der Waals surface area contributed by atoms with Gasteiger partial charge in [-0.2, -0.15) is 13.2 Å². The highest BCUT2D eigenvalue weighted by Crippen LogP contribution is 2.34. The molecule has 0 bridgehead atoms. The zero-order valence-electron chi connectivity index (χ0n) is 23.3. The van der Waals surface area contributed by atoms with Crippen LogP contribution < -0.4 is 15.5 Å². The van der Waals surface area contributed by atoms with Gasteiger partial charge < -0.3 is 15.5 Å². The van der Waals surface area contributed by atoms with Crippen molar-refractivity contribution in [3.05, 3.63) is 84.1 Å². The Morgan fingerprint density at radius 2 is 1.81 bits per heavy atom. The summed E-state index contributed by atoms with van der Waals surface area (Å²) < 4.78 is 41.5. The van der Waals surface area contributed by atoms with E-state index < -0.39 is 17.6 Å². The number of rotatable bonds is 8. The number of aromatic nitrogens is 4. The number of nitrogens with one attached hydrogen (secondary N) is 2. The number of alkyl halides is 3. The standard InChI is InChI=1S/C30H31F3N8O/c1-3-9-40-10-12-41(13-11-40)25-15-22(14-23(16-25)30(31,32)33)28(42)37-24-17-27(20(2)36-19-24)39-29-35-8-6-26(38-29)21-5-4-7-34-18-21/h4-8,14-19H,3,9-13H2,1-2H3,(H,37,42)(H,35,38,39). The molecule has 0 spiro atoms. The van der Waals surface area contributed by atoms with Crippen LogP contribution in [-0.2, 0) is 6.18 Å². The first-order valence-electron chi connectivity index (χ1n) is 13.7. The highest BCUT2D eigenvalue weighted by atomic mass is 19.4. The molecular weight excluding hydrogens is 545 g/mol. The van der Waals surface area contributed by atoms with Gasteiger partial charge in [-0.3, -0.25) is 19.7 Å². The van der Waals surface area contributed by atoms with E-state index in [0.29, 0.717) is 47.5 Å². The Kier molecular flexibility index (Phi) is 8.62. The van der Waals surface area contributed by atoms with E-state index in [1.54, 1.807) is 37.6 Å². The van der Waals surface area contributed by atoms with Crippen LogP contribution in [0.5, 0.6) is 0 Å². The second kappa shape index (κ2) is 12.5. The Balaban J connectivity index is 1.35. The summed E-state index contributed by atoms with van der Waals surface area (Å²) >= 11 is 0. The smallest absolute Gasteiger partial charge is 0.369 e. The quantitative estimate of drug-likeness (QED) is 0.272. The number of aryl methyl sites for hydroxylation is 1. The van der Waals surface area contributed by atoms with Crippen molar-refractivity contribution in [3.63, 3.8) is 0 Å². The third-order valence-electron chi connectivity index (χ3n) is 6.99. The molecule has 1 amide bonds. The van der Waals surface area contributed by atoms with Gasteiger partial charge in [0.1, 0.15) is 0 Å². The van der Waals surface area contributed by atoms with E-state index in [9.17, 15) is 18.0 Å². The van der Waals surface area contributed by atoms with E-state index in [1.165, 1.54) is 12.3 Å². The van der Waals surface area contributed by atoms with Crippen LogP contribution in [-0.4, -0.2) is 63.5 Å². The average Bonchev–Trinajstić information content (AvgIpc) is 2.99. The summed E-state index contributed by atoms with van der Waals surface area (Å²) in [5.74, 6) is -0.357. The maximum absolute atomic E-state index is 13.8. The molecule has 2 N–H and O–H groups in total. The molecule has 1 saturated heterocycles. The monoisotopic (exact) mass is 576 g/mol. The fraction of sp³-hybridized carbons (Fsp3) is 0.300. The van der Waals surface area contributed by atoms with Gasteiger partial charge in [-0.05, 0) is 62.4 Å². The van der Waals surface area contributed by atoms with Crippen molar-refractivity contribution in [2.75, 3.05) is 48.3 Å². The first-order chi connectivity index (χ1) is 20.2. The number of nitrogens with zero attached hydrogens (tertiary/aromatic N) is 6. The number of carbonyl (C=O) groups excluding carboxylic acids is 1. The Bertz CT molecular complexity index is 1540. The predicted molar refractivity (Wildman–Crippen MR) is 156 cm³/mol. The zero-order valence-corrected chi connectivity index (χ0v) is 23.3. The molecule has 0 aliphatic carbocycles. The van der Waals surface area contributed by atoms with Gasteiger partial charge in [0.05, 0.1) is 34.5 Å². The molecule has 4 aromatic rings. The lowest BCUT2D eigenvalue weighted by Crippen LogP contribution is -2.46. The molecule has 0 saturated carbocycles. The highest BCUT2D eigenvalue weighted by Gasteiger charge is 2.33. The molecule has 1 aliphatic rings. The van der Waals surface area contributed by atoms with Crippen LogP contribution in [0.4, 0.5) is 36.2 Å². The molecule has 1 aromatic carbocycles. The van der Waals surface area contributed by atoms with Gasteiger partial charge in [-0.15, -0.1) is 0 Å². The zero-order chi connectivity index (χ0) is 29.7. The van der Waals surface area contributed by atoms with Crippen LogP contribution in [0, 0.1) is 6.92 Å². The second-order valence-electron chi connectivity index (χ2n) is 10.0. The van der Waals surface area contributed by atoms with Gasteiger partial charge >= 0.3 is 6.18 Å². The normalized spacial score (nSPS) is 14.1. The van der Waals surface area contributed by atoms with Gasteiger partial charge in [0.15, 0.2) is 0 Å². The lowest BCUT2D eigenvalue weighted by molar-refractivity contribution is -0.137. The van der Waals surface area contributed by atoms with Crippen molar-refractivity contribution in [1.82, 2.24) is 24.8 Å². The largest absolute Gasteiger partial charge is 0.416 e. The molecule has 1 aliphatic heterocycles. The number of carbonyl (C=O) groups is 1. The summed E-state index contributed by atoms with van der Waals surface area (Å²) in [5.41, 5.74) is 2.38. The van der Waals surface area contributed by atoms with E-state index in [4.69, 9.17) is 0 Å². The summed E-state index contributed by atoms with van der Waals surface area (Å²) in [6, 6.07) is 10.6. The fourth-order valence-corrected chi connectivity index (χ4v) is 4.78. The van der Waals surface area contributed by atoms with Crippen LogP contribution in [0.3, 0.4) is 0 Å². The van der Waals surface area contributed by atoms with Crippen molar-refractivity contribution in [3.8, 4) is 11.3 Å². The van der Waals surface area contributed by atoms with Crippen LogP contribution >= 0.6 is 0 Å². The minimum Gasteiger partial charge on any atom is -0.369 e. The molecule has 3 aromatic heterocycles. The predicted octanol–water partition coefficient (Wildman–Crippen LogP) is 5.79. The van der Waals surface area contributed by atoms with Crippen LogP contribution in [0.1, 0.15) is 35.0 Å². The van der Waals surface area contributed by atoms with E-state index in [0.717, 1.165) is 43.8 Å². The summed E-state index contributed by atoms with van der Waals surface area (Å²) in [5, 5.41) is 5.81. The van der Waals surface area contributed by atoms with Crippen LogP contribution in [0.25, 0.3) is 11.3 Å². The van der Waals surface area contributed by atoms with Crippen molar-refractivity contribution in [2.24, 2.45) is 0 Å². The van der Waals surface area contributed by atoms with E-state index >= 15 is 0 Å². The topological polar surface area (TPSA) is 99.2 Å². The van der Waals surface area contributed by atoms with Crippen molar-refractivity contribution in [2.45, 2.75) is 26.4 Å². The van der Waals surface area contributed by atoms with Crippen molar-refractivity contribution in [1.29, 1.82) is 0 Å². The molecule has 0 radical (unpaired) electrons.